The highest BCUT2D eigenvalue weighted by atomic mass is 32.2. The van der Waals surface area contributed by atoms with Crippen LogP contribution in [0.4, 0.5) is 0 Å². The molecule has 0 aromatic carbocycles. The first-order chi connectivity index (χ1) is 9.16. The van der Waals surface area contributed by atoms with Crippen LogP contribution >= 0.6 is 0 Å². The van der Waals surface area contributed by atoms with Crippen molar-refractivity contribution in [3.05, 3.63) is 0 Å². The van der Waals surface area contributed by atoms with Crippen LogP contribution in [0.2, 0.25) is 0 Å². The van der Waals surface area contributed by atoms with Crippen LogP contribution in [0.25, 0.3) is 0 Å². The molecule has 1 saturated carbocycles. The van der Waals surface area contributed by atoms with E-state index >= 15 is 0 Å². The molecule has 1 N–H and O–H groups in total. The number of hydrogen-bond donors (Lipinski definition) is 1. The van der Waals surface area contributed by atoms with Crippen molar-refractivity contribution in [2.24, 2.45) is 5.92 Å². The predicted octanol–water partition coefficient (Wildman–Crippen LogP) is 1.67. The molecule has 0 radical (unpaired) electrons. The molecule has 0 aromatic heterocycles. The van der Waals surface area contributed by atoms with Gasteiger partial charge in [0.2, 0.25) is 0 Å². The van der Waals surface area contributed by atoms with Crippen LogP contribution < -0.4 is 4.72 Å². The molecule has 0 bridgehead atoms. The van der Waals surface area contributed by atoms with Crippen LogP contribution in [0.1, 0.15) is 47.5 Å². The Morgan fingerprint density at radius 2 is 1.60 bits per heavy atom. The number of rotatable bonds is 9. The highest BCUT2D eigenvalue weighted by molar-refractivity contribution is 7.87. The fraction of sp³-hybridized carbons (Fsp3) is 1.00. The van der Waals surface area contributed by atoms with Crippen LogP contribution in [0.3, 0.4) is 0 Å². The molecule has 1 fully saturated rings. The first-order valence-electron chi connectivity index (χ1n) is 7.65. The molecule has 0 heterocycles. The maximum atomic E-state index is 12.2. The molecule has 1 aliphatic carbocycles. The first kappa shape index (κ1) is 17.9. The van der Waals surface area contributed by atoms with Gasteiger partial charge in [0.1, 0.15) is 0 Å². The third kappa shape index (κ3) is 4.98. The molecule has 0 aromatic rings. The second kappa shape index (κ2) is 7.20. The van der Waals surface area contributed by atoms with Crippen molar-refractivity contribution in [1.82, 2.24) is 13.9 Å². The molecule has 0 aliphatic heterocycles. The Labute approximate surface area is 124 Å². The molecular formula is C14H31N3O2S. The zero-order valence-corrected chi connectivity index (χ0v) is 14.6. The summed E-state index contributed by atoms with van der Waals surface area (Å²) in [6.45, 7) is 11.7. The van der Waals surface area contributed by atoms with Crippen LogP contribution in [0.5, 0.6) is 0 Å². The summed E-state index contributed by atoms with van der Waals surface area (Å²) in [4.78, 5) is 2.28. The lowest BCUT2D eigenvalue weighted by Crippen LogP contribution is -2.47. The average molecular weight is 305 g/mol. The van der Waals surface area contributed by atoms with E-state index in [1.807, 2.05) is 6.92 Å². The number of hydrogen-bond acceptors (Lipinski definition) is 3. The lowest BCUT2D eigenvalue weighted by Gasteiger charge is -2.31. The molecule has 120 valence electrons. The summed E-state index contributed by atoms with van der Waals surface area (Å²) >= 11 is 0. The SMILES string of the molecule is CC(C)N(CCNS(=O)(=O)N(C)[C@@H](C)C1CC1)C(C)C. The van der Waals surface area contributed by atoms with E-state index < -0.39 is 10.2 Å². The van der Waals surface area contributed by atoms with Crippen molar-refractivity contribution < 1.29 is 8.42 Å². The quantitative estimate of drug-likeness (QED) is 0.705. The van der Waals surface area contributed by atoms with Crippen molar-refractivity contribution in [1.29, 1.82) is 0 Å². The van der Waals surface area contributed by atoms with E-state index in [1.54, 1.807) is 7.05 Å². The predicted molar refractivity (Wildman–Crippen MR) is 83.8 cm³/mol. The van der Waals surface area contributed by atoms with Crippen molar-refractivity contribution in [3.8, 4) is 0 Å². The summed E-state index contributed by atoms with van der Waals surface area (Å²) in [5.41, 5.74) is 0. The molecular weight excluding hydrogens is 274 g/mol. The molecule has 5 nitrogen and oxygen atoms in total. The minimum absolute atomic E-state index is 0.0961. The summed E-state index contributed by atoms with van der Waals surface area (Å²) in [7, 11) is -1.68. The van der Waals surface area contributed by atoms with Gasteiger partial charge in [-0.05, 0) is 53.4 Å². The molecule has 6 heteroatoms. The molecule has 1 atom stereocenters. The fourth-order valence-corrected chi connectivity index (χ4v) is 3.78. The molecule has 0 amide bonds. The summed E-state index contributed by atoms with van der Waals surface area (Å²) in [6.07, 6.45) is 2.30. The molecule has 20 heavy (non-hydrogen) atoms. The maximum Gasteiger partial charge on any atom is 0.279 e. The Hall–Kier alpha value is -0.170. The lowest BCUT2D eigenvalue weighted by atomic mass is 10.2. The molecule has 1 rings (SSSR count). The smallest absolute Gasteiger partial charge is 0.279 e. The fourth-order valence-electron chi connectivity index (χ4n) is 2.61. The van der Waals surface area contributed by atoms with Gasteiger partial charge in [0.05, 0.1) is 0 Å². The highest BCUT2D eigenvalue weighted by Crippen LogP contribution is 2.35. The van der Waals surface area contributed by atoms with Gasteiger partial charge in [-0.3, -0.25) is 4.90 Å². The van der Waals surface area contributed by atoms with Gasteiger partial charge in [-0.15, -0.1) is 0 Å². The normalized spacial score (nSPS) is 18.5. The second-order valence-corrected chi connectivity index (χ2v) is 8.23. The topological polar surface area (TPSA) is 52.7 Å². The van der Waals surface area contributed by atoms with Gasteiger partial charge in [0, 0.05) is 38.3 Å². The summed E-state index contributed by atoms with van der Waals surface area (Å²) in [5.74, 6) is 0.541. The van der Waals surface area contributed by atoms with Crippen molar-refractivity contribution >= 4 is 10.2 Å². The van der Waals surface area contributed by atoms with Gasteiger partial charge in [0.25, 0.3) is 10.2 Å². The van der Waals surface area contributed by atoms with E-state index in [0.717, 1.165) is 19.4 Å². The van der Waals surface area contributed by atoms with E-state index in [-0.39, 0.29) is 6.04 Å². The molecule has 0 spiro atoms. The third-order valence-electron chi connectivity index (χ3n) is 4.24. The van der Waals surface area contributed by atoms with Gasteiger partial charge in [-0.25, -0.2) is 4.72 Å². The Kier molecular flexibility index (Phi) is 6.44. The monoisotopic (exact) mass is 305 g/mol. The second-order valence-electron chi connectivity index (χ2n) is 6.42. The maximum absolute atomic E-state index is 12.2. The first-order valence-corrected chi connectivity index (χ1v) is 9.09. The van der Waals surface area contributed by atoms with Gasteiger partial charge in [-0.2, -0.15) is 12.7 Å². The van der Waals surface area contributed by atoms with Crippen LogP contribution in [-0.2, 0) is 10.2 Å². The zero-order valence-electron chi connectivity index (χ0n) is 13.8. The summed E-state index contributed by atoms with van der Waals surface area (Å²) < 4.78 is 28.6. The number of nitrogens with one attached hydrogen (secondary N) is 1. The number of nitrogens with zero attached hydrogens (tertiary/aromatic N) is 2. The molecule has 0 unspecified atom stereocenters. The van der Waals surface area contributed by atoms with E-state index in [1.165, 1.54) is 4.31 Å². The minimum Gasteiger partial charge on any atom is -0.297 e. The van der Waals surface area contributed by atoms with Crippen molar-refractivity contribution in [2.45, 2.75) is 65.6 Å². The van der Waals surface area contributed by atoms with E-state index in [9.17, 15) is 8.42 Å². The Balaban J connectivity index is 2.46. The summed E-state index contributed by atoms with van der Waals surface area (Å²) in [6, 6.07) is 0.934. The standard InChI is InChI=1S/C14H31N3O2S/c1-11(2)17(12(3)4)10-9-15-20(18,19)16(6)13(5)14-7-8-14/h11-15H,7-10H2,1-6H3/t13-/m0/s1. The van der Waals surface area contributed by atoms with Gasteiger partial charge >= 0.3 is 0 Å². The average Bonchev–Trinajstić information content (AvgIpc) is 3.15. The summed E-state index contributed by atoms with van der Waals surface area (Å²) in [5, 5.41) is 0. The van der Waals surface area contributed by atoms with E-state index in [0.29, 0.717) is 24.5 Å². The van der Waals surface area contributed by atoms with E-state index in [4.69, 9.17) is 0 Å². The Bertz CT molecular complexity index is 383. The van der Waals surface area contributed by atoms with Gasteiger partial charge in [-0.1, -0.05) is 0 Å². The lowest BCUT2D eigenvalue weighted by molar-refractivity contribution is 0.178. The highest BCUT2D eigenvalue weighted by Gasteiger charge is 2.35. The van der Waals surface area contributed by atoms with Crippen molar-refractivity contribution in [3.63, 3.8) is 0 Å². The minimum atomic E-state index is -3.35. The molecule has 0 saturated heterocycles. The van der Waals surface area contributed by atoms with Gasteiger partial charge < -0.3 is 0 Å². The Morgan fingerprint density at radius 1 is 1.10 bits per heavy atom. The molecule has 1 aliphatic rings. The van der Waals surface area contributed by atoms with Crippen LogP contribution in [0, 0.1) is 5.92 Å². The van der Waals surface area contributed by atoms with Crippen molar-refractivity contribution in [2.75, 3.05) is 20.1 Å². The van der Waals surface area contributed by atoms with Gasteiger partial charge in [0.15, 0.2) is 0 Å². The zero-order chi connectivity index (χ0) is 15.5. The largest absolute Gasteiger partial charge is 0.297 e. The van der Waals surface area contributed by atoms with Crippen LogP contribution in [0.15, 0.2) is 0 Å². The van der Waals surface area contributed by atoms with E-state index in [2.05, 4.69) is 37.3 Å². The Morgan fingerprint density at radius 3 is 2.00 bits per heavy atom. The van der Waals surface area contributed by atoms with Crippen LogP contribution in [-0.4, -0.2) is 55.9 Å². The third-order valence-corrected chi connectivity index (χ3v) is 5.90.